The van der Waals surface area contributed by atoms with Crippen molar-refractivity contribution in [2.24, 2.45) is 35.5 Å². The van der Waals surface area contributed by atoms with E-state index in [1.807, 2.05) is 0 Å². The Morgan fingerprint density at radius 3 is 0.500 bits per heavy atom. The quantitative estimate of drug-likeness (QED) is 0.135. The highest BCUT2D eigenvalue weighted by Gasteiger charge is 2.45. The largest absolute Gasteiger partial charge is 0.294 e. The molecule has 0 bridgehead atoms. The lowest BCUT2D eigenvalue weighted by atomic mass is 9.70. The summed E-state index contributed by atoms with van der Waals surface area (Å²) in [5.41, 5.74) is 0. The molecule has 12 aliphatic carbocycles. The molecule has 0 aromatic carbocycles. The van der Waals surface area contributed by atoms with Crippen molar-refractivity contribution in [1.82, 2.24) is 19.6 Å². The molecule has 0 N–H and O–H groups in total. The van der Waals surface area contributed by atoms with Crippen LogP contribution in [0.1, 0.15) is 347 Å². The number of hydrogen-bond acceptors (Lipinski definition) is 4. The Hall–Kier alpha value is -0.680. The van der Waals surface area contributed by atoms with Crippen molar-refractivity contribution < 1.29 is 0 Å². The van der Waals surface area contributed by atoms with Crippen LogP contribution in [0.3, 0.4) is 0 Å². The lowest BCUT2D eigenvalue weighted by Crippen LogP contribution is -2.56. The van der Waals surface area contributed by atoms with Gasteiger partial charge in [0.15, 0.2) is 0 Å². The molecule has 0 amide bonds. The summed E-state index contributed by atoms with van der Waals surface area (Å²) in [6.45, 7) is 0. The topological polar surface area (TPSA) is 13.0 Å². The minimum Gasteiger partial charge on any atom is -0.294 e. The summed E-state index contributed by atoms with van der Waals surface area (Å²) in [5, 5.41) is 0. The van der Waals surface area contributed by atoms with E-state index < -0.39 is 0 Å². The molecule has 12 fully saturated rings. The summed E-state index contributed by atoms with van der Waals surface area (Å²) in [4.78, 5) is 13.3. The average molecular weight is 1100 g/mol. The highest BCUT2D eigenvalue weighted by molar-refractivity contribution is 5.03. The summed E-state index contributed by atoms with van der Waals surface area (Å²) in [6, 6.07) is 10.5. The van der Waals surface area contributed by atoms with Crippen molar-refractivity contribution in [3.05, 3.63) is 24.3 Å². The zero-order chi connectivity index (χ0) is 53.7. The van der Waals surface area contributed by atoms with E-state index in [2.05, 4.69) is 43.9 Å². The highest BCUT2D eigenvalue weighted by Crippen LogP contribution is 2.48. The van der Waals surface area contributed by atoms with Crippen LogP contribution in [0.4, 0.5) is 0 Å². The van der Waals surface area contributed by atoms with E-state index in [-0.39, 0.29) is 0 Å². The Labute approximate surface area is 496 Å². The zero-order valence-corrected chi connectivity index (χ0v) is 52.7. The third kappa shape index (κ3) is 15.7. The molecule has 0 aromatic rings. The fourth-order valence-electron chi connectivity index (χ4n) is 22.6. The molecule has 0 radical (unpaired) electrons. The van der Waals surface area contributed by atoms with Crippen LogP contribution in [0.5, 0.6) is 0 Å². The molecule has 454 valence electrons. The van der Waals surface area contributed by atoms with Crippen molar-refractivity contribution in [3.8, 4) is 0 Å². The monoisotopic (exact) mass is 1100 g/mol. The van der Waals surface area contributed by atoms with Crippen molar-refractivity contribution in [2.75, 3.05) is 0 Å². The van der Waals surface area contributed by atoms with E-state index in [0.717, 1.165) is 108 Å². The predicted molar refractivity (Wildman–Crippen MR) is 341 cm³/mol. The maximum absolute atomic E-state index is 3.37. The van der Waals surface area contributed by atoms with Gasteiger partial charge in [-0.2, -0.15) is 0 Å². The number of hydrogen-bond donors (Lipinski definition) is 0. The van der Waals surface area contributed by atoms with Gasteiger partial charge in [0.05, 0.1) is 0 Å². The van der Waals surface area contributed by atoms with E-state index in [4.69, 9.17) is 0 Å². The fraction of sp³-hybridized carbons (Fsp3) is 0.947. The van der Waals surface area contributed by atoms with Crippen LogP contribution in [0.15, 0.2) is 24.3 Å². The standard InChI is InChI=1S/C76H130N4/c1-7-19-59(20-8-1)31-33-61-35-43-69(44-36-61)79(75-55-51-73(52-56-75)77(65-23-11-3-12-24-65)66-25-13-4-14-26-66)71-47-39-63(40-48-71)64-41-49-72(50-42-64)80(70-45-37-62(38-46-70)34-32-60-21-9-2-10-22-60)76-57-53-74(54-58-76)78(67-27-15-5-16-28-67)68-29-17-6-18-30-68/h31-34,59-76H,1-30,35-58H2. The third-order valence-corrected chi connectivity index (χ3v) is 26.9. The second kappa shape index (κ2) is 30.8. The van der Waals surface area contributed by atoms with Gasteiger partial charge in [0.2, 0.25) is 0 Å². The number of rotatable bonds is 17. The summed E-state index contributed by atoms with van der Waals surface area (Å²) in [7, 11) is 0. The molecule has 0 saturated heterocycles. The molecule has 4 nitrogen and oxygen atoms in total. The van der Waals surface area contributed by atoms with E-state index in [9.17, 15) is 0 Å². The van der Waals surface area contributed by atoms with Crippen LogP contribution in [0.2, 0.25) is 0 Å². The predicted octanol–water partition coefficient (Wildman–Crippen LogP) is 20.7. The van der Waals surface area contributed by atoms with E-state index in [1.165, 1.54) is 321 Å². The summed E-state index contributed by atoms with van der Waals surface area (Å²) in [6.07, 6.45) is 91.7. The van der Waals surface area contributed by atoms with Crippen LogP contribution in [0, 0.1) is 35.5 Å². The Kier molecular flexibility index (Phi) is 23.0. The normalized spacial score (nSPS) is 38.6. The van der Waals surface area contributed by atoms with Gasteiger partial charge in [-0.3, -0.25) is 19.6 Å². The molecule has 0 spiro atoms. The first-order valence-corrected chi connectivity index (χ1v) is 38.1. The fourth-order valence-corrected chi connectivity index (χ4v) is 22.6. The first kappa shape index (κ1) is 59.6. The van der Waals surface area contributed by atoms with E-state index in [0.29, 0.717) is 0 Å². The van der Waals surface area contributed by atoms with Gasteiger partial charge < -0.3 is 0 Å². The summed E-state index contributed by atoms with van der Waals surface area (Å²) < 4.78 is 0. The van der Waals surface area contributed by atoms with Crippen LogP contribution < -0.4 is 0 Å². The number of allylic oxidation sites excluding steroid dienone is 4. The zero-order valence-electron chi connectivity index (χ0n) is 52.7. The molecule has 4 heteroatoms. The van der Waals surface area contributed by atoms with Gasteiger partial charge in [-0.15, -0.1) is 0 Å². The molecule has 12 rings (SSSR count). The molecule has 0 heterocycles. The van der Waals surface area contributed by atoms with Crippen molar-refractivity contribution in [2.45, 2.75) is 419 Å². The Morgan fingerprint density at radius 2 is 0.287 bits per heavy atom. The second-order valence-electron chi connectivity index (χ2n) is 31.7. The molecular weight excluding hydrogens is 969 g/mol. The number of nitrogens with zero attached hydrogens (tertiary/aromatic N) is 4. The van der Waals surface area contributed by atoms with Gasteiger partial charge in [-0.05, 0) is 267 Å². The molecule has 12 saturated carbocycles. The molecule has 0 unspecified atom stereocenters. The summed E-state index contributed by atoms with van der Waals surface area (Å²) in [5.74, 6) is 5.50. The maximum atomic E-state index is 3.37. The molecule has 0 atom stereocenters. The van der Waals surface area contributed by atoms with Gasteiger partial charge in [0.25, 0.3) is 0 Å². The average Bonchev–Trinajstić information content (AvgIpc) is 3.54. The van der Waals surface area contributed by atoms with E-state index in [1.54, 1.807) is 25.7 Å². The van der Waals surface area contributed by atoms with Crippen LogP contribution in [-0.2, 0) is 0 Å². The van der Waals surface area contributed by atoms with Crippen molar-refractivity contribution in [1.29, 1.82) is 0 Å². The van der Waals surface area contributed by atoms with Crippen molar-refractivity contribution in [3.63, 3.8) is 0 Å². The second-order valence-corrected chi connectivity index (χ2v) is 31.7. The van der Waals surface area contributed by atoms with Gasteiger partial charge in [0.1, 0.15) is 0 Å². The molecule has 0 aliphatic heterocycles. The minimum absolute atomic E-state index is 0.854. The molecule has 12 aliphatic rings. The van der Waals surface area contributed by atoms with E-state index >= 15 is 0 Å². The Morgan fingerprint density at radius 1 is 0.138 bits per heavy atom. The first-order chi connectivity index (χ1) is 39.7. The SMILES string of the molecule is C(=CC1CCC(N(C2CCC(C3CCC(N(C4CCC(C=CC5CCCCC5)CC4)C4CCC(N(C5CCCCC5)C5CCCCC5)CC4)CC3)CC2)C2CCC(N(C3CCCCC3)C3CCCCC3)CC2)CC1)C1CCCCC1. The van der Waals surface area contributed by atoms with Crippen LogP contribution in [0.25, 0.3) is 0 Å². The lowest BCUT2D eigenvalue weighted by Gasteiger charge is -2.53. The Balaban J connectivity index is 0.682. The molecular formula is C76H130N4. The maximum Gasteiger partial charge on any atom is 0.0102 e. The van der Waals surface area contributed by atoms with Crippen LogP contribution in [-0.4, -0.2) is 92.1 Å². The van der Waals surface area contributed by atoms with Crippen LogP contribution >= 0.6 is 0 Å². The smallest absolute Gasteiger partial charge is 0.0102 e. The Bertz CT molecular complexity index is 1590. The first-order valence-electron chi connectivity index (χ1n) is 38.1. The van der Waals surface area contributed by atoms with Gasteiger partial charge in [0, 0.05) is 72.5 Å². The molecule has 80 heavy (non-hydrogen) atoms. The minimum atomic E-state index is 0.854. The summed E-state index contributed by atoms with van der Waals surface area (Å²) >= 11 is 0. The highest BCUT2D eigenvalue weighted by atomic mass is 15.3. The van der Waals surface area contributed by atoms with Crippen molar-refractivity contribution >= 4 is 0 Å². The van der Waals surface area contributed by atoms with Gasteiger partial charge in [-0.25, -0.2) is 0 Å². The van der Waals surface area contributed by atoms with Gasteiger partial charge >= 0.3 is 0 Å². The molecule has 0 aromatic heterocycles. The van der Waals surface area contributed by atoms with Gasteiger partial charge in [-0.1, -0.05) is 140 Å². The third-order valence-electron chi connectivity index (χ3n) is 26.9. The lowest BCUT2D eigenvalue weighted by molar-refractivity contribution is -0.0311.